The third kappa shape index (κ3) is 89.1. The van der Waals surface area contributed by atoms with Crippen molar-refractivity contribution in [1.29, 1.82) is 0 Å². The van der Waals surface area contributed by atoms with E-state index in [0.717, 1.165) is 0 Å². The summed E-state index contributed by atoms with van der Waals surface area (Å²) in [5.74, 6) is 0. The van der Waals surface area contributed by atoms with Crippen LogP contribution in [0.1, 0.15) is 1.43 Å². The quantitative estimate of drug-likeness (QED) is 0.298. The number of rotatable bonds is 0. The summed E-state index contributed by atoms with van der Waals surface area (Å²) in [7, 11) is -4.61. The van der Waals surface area contributed by atoms with Gasteiger partial charge in [0.15, 0.2) is 0 Å². The molecule has 0 saturated heterocycles. The zero-order valence-corrected chi connectivity index (χ0v) is 9.37. The molecule has 0 unspecified atom stereocenters. The van der Waals surface area contributed by atoms with Gasteiger partial charge in [-0.2, -0.15) is 0 Å². The van der Waals surface area contributed by atoms with Crippen LogP contribution in [0, 0.1) is 0 Å². The molecular weight excluding hydrogens is 203 g/mol. The summed E-state index contributed by atoms with van der Waals surface area (Å²) in [5, 5.41) is 0. The van der Waals surface area contributed by atoms with Gasteiger partial charge in [0.1, 0.15) is 0 Å². The van der Waals surface area contributed by atoms with Gasteiger partial charge >= 0.3 is 60.4 Å². The van der Waals surface area contributed by atoms with Gasteiger partial charge in [0.2, 0.25) is 0 Å². The van der Waals surface area contributed by atoms with E-state index in [1.165, 1.54) is 0 Å². The predicted molar refractivity (Wildman–Crippen MR) is 19.4 cm³/mol. The Hall–Kier alpha value is 2.17. The van der Waals surface area contributed by atoms with Crippen LogP contribution in [0.3, 0.4) is 0 Å². The molecule has 0 aliphatic carbocycles. The first-order chi connectivity index (χ1) is 2.00. The predicted octanol–water partition coefficient (Wildman–Crippen LogP) is -6.32. The zero-order chi connectivity index (χ0) is 4.50. The summed E-state index contributed by atoms with van der Waals surface area (Å²) in [6, 6.07) is 0. The fraction of sp³-hybridized carbons (Fsp3) is 0. The van der Waals surface area contributed by atoms with E-state index in [0.29, 0.717) is 0 Å². The van der Waals surface area contributed by atoms with Gasteiger partial charge in [0, 0.05) is 17.1 Å². The van der Waals surface area contributed by atoms with Crippen LogP contribution in [0.5, 0.6) is 0 Å². The standard InChI is InChI=1S/Fe.K.H4O4Si.H2O.H/c;;1-5(2,3)4;;/h;;1-4H;1H2;/q;+1;;;-1. The van der Waals surface area contributed by atoms with E-state index in [9.17, 15) is 0 Å². The Morgan fingerprint density at radius 3 is 1.00 bits per heavy atom. The Balaban J connectivity index is -0.0000000133. The first-order valence-electron chi connectivity index (χ1n) is 0.894. The van der Waals surface area contributed by atoms with E-state index < -0.39 is 9.05 Å². The molecule has 0 aromatic carbocycles. The minimum Gasteiger partial charge on any atom is -1.00 e. The summed E-state index contributed by atoms with van der Waals surface area (Å²) < 4.78 is 0. The molecule has 0 spiro atoms. The summed E-state index contributed by atoms with van der Waals surface area (Å²) in [6.07, 6.45) is 0. The molecule has 0 atom stereocenters. The van der Waals surface area contributed by atoms with Crippen molar-refractivity contribution in [2.45, 2.75) is 0 Å². The molecule has 0 rings (SSSR count). The second-order valence-electron chi connectivity index (χ2n) is 0.600. The van der Waals surface area contributed by atoms with E-state index in [-0.39, 0.29) is 75.4 Å². The maximum Gasteiger partial charge on any atom is 1.00 e. The van der Waals surface area contributed by atoms with E-state index in [2.05, 4.69) is 0 Å². The normalized spacial score (nSPS) is 7.50. The fourth-order valence-corrected chi connectivity index (χ4v) is 0. The van der Waals surface area contributed by atoms with Crippen LogP contribution in [0.25, 0.3) is 0 Å². The van der Waals surface area contributed by atoms with Crippen molar-refractivity contribution in [3.8, 4) is 0 Å². The molecule has 0 aliphatic heterocycles. The van der Waals surface area contributed by atoms with Gasteiger partial charge in [0.25, 0.3) is 0 Å². The van der Waals surface area contributed by atoms with Gasteiger partial charge in [-0.05, 0) is 0 Å². The molecule has 0 saturated carbocycles. The zero-order valence-electron chi connectivity index (χ0n) is 5.14. The van der Waals surface area contributed by atoms with Crippen LogP contribution in [0.2, 0.25) is 0 Å². The van der Waals surface area contributed by atoms with Crippen molar-refractivity contribution in [2.24, 2.45) is 0 Å². The third-order valence-corrected chi connectivity index (χ3v) is 0. The fourth-order valence-electron chi connectivity index (χ4n) is 0. The summed E-state index contributed by atoms with van der Waals surface area (Å²) in [4.78, 5) is 29.3. The summed E-state index contributed by atoms with van der Waals surface area (Å²) >= 11 is 0. The van der Waals surface area contributed by atoms with E-state index >= 15 is 0 Å². The van der Waals surface area contributed by atoms with Crippen LogP contribution in [0.15, 0.2) is 0 Å². The SMILES string of the molecule is O.O[Si](O)(O)O.[Fe].[H-].[K+]. The molecule has 0 fully saturated rings. The molecule has 0 aromatic heterocycles. The molecule has 5 nitrogen and oxygen atoms in total. The van der Waals surface area contributed by atoms with Crippen molar-refractivity contribution in [3.63, 3.8) is 0 Å². The minimum atomic E-state index is -4.61. The molecule has 50 valence electrons. The molecule has 6 N–H and O–H groups in total. The molecule has 0 amide bonds. The number of hydrogen-bond donors (Lipinski definition) is 4. The van der Waals surface area contributed by atoms with Crippen molar-refractivity contribution in [2.75, 3.05) is 0 Å². The molecule has 8 heteroatoms. The van der Waals surface area contributed by atoms with Gasteiger partial charge in [-0.15, -0.1) is 0 Å². The Morgan fingerprint density at radius 2 is 1.00 bits per heavy atom. The molecule has 0 heterocycles. The van der Waals surface area contributed by atoms with Gasteiger partial charge in [-0.3, -0.25) is 0 Å². The Labute approximate surface area is 102 Å². The average molecular weight is 210 g/mol. The Morgan fingerprint density at radius 1 is 1.00 bits per heavy atom. The van der Waals surface area contributed by atoms with Crippen LogP contribution in [-0.2, 0) is 17.1 Å². The number of hydrogen-bond acceptors (Lipinski definition) is 4. The van der Waals surface area contributed by atoms with E-state index in [1.807, 2.05) is 0 Å². The Kier molecular flexibility index (Phi) is 25.8. The van der Waals surface area contributed by atoms with E-state index in [1.54, 1.807) is 0 Å². The third-order valence-electron chi connectivity index (χ3n) is 0. The molecule has 0 bridgehead atoms. The Bertz CT molecular complexity index is 32.4. The molecule has 0 aliphatic rings. The van der Waals surface area contributed by atoms with Crippen LogP contribution >= 0.6 is 0 Å². The topological polar surface area (TPSA) is 112 Å². The molecule has 0 aromatic rings. The molecule has 0 radical (unpaired) electrons. The second kappa shape index (κ2) is 9.17. The van der Waals surface area contributed by atoms with Gasteiger partial charge in [-0.1, -0.05) is 0 Å². The summed E-state index contributed by atoms with van der Waals surface area (Å²) in [6.45, 7) is 0. The van der Waals surface area contributed by atoms with Gasteiger partial charge < -0.3 is 26.1 Å². The van der Waals surface area contributed by atoms with Crippen molar-refractivity contribution in [1.82, 2.24) is 0 Å². The van der Waals surface area contributed by atoms with E-state index in [4.69, 9.17) is 19.2 Å². The first-order valence-corrected chi connectivity index (χ1v) is 2.68. The van der Waals surface area contributed by atoms with Crippen LogP contribution in [0.4, 0.5) is 0 Å². The molecular formula is H7FeKO5Si. The largest absolute Gasteiger partial charge is 1.00 e. The average Bonchev–Trinajstić information content (AvgIpc) is 0.722. The van der Waals surface area contributed by atoms with Gasteiger partial charge in [0.05, 0.1) is 0 Å². The molecule has 8 heavy (non-hydrogen) atoms. The minimum absolute atomic E-state index is 0. The second-order valence-corrected chi connectivity index (χ2v) is 1.80. The van der Waals surface area contributed by atoms with Crippen molar-refractivity contribution < 1.29 is 94.5 Å². The van der Waals surface area contributed by atoms with Crippen molar-refractivity contribution >= 4 is 9.05 Å². The van der Waals surface area contributed by atoms with Crippen molar-refractivity contribution in [3.05, 3.63) is 0 Å². The monoisotopic (exact) mass is 210 g/mol. The van der Waals surface area contributed by atoms with Crippen LogP contribution in [-0.4, -0.2) is 33.7 Å². The van der Waals surface area contributed by atoms with Crippen LogP contribution < -0.4 is 51.4 Å². The summed E-state index contributed by atoms with van der Waals surface area (Å²) in [5.41, 5.74) is 0. The maximum atomic E-state index is 7.33. The maximum absolute atomic E-state index is 7.33. The smallest absolute Gasteiger partial charge is 1.00 e. The van der Waals surface area contributed by atoms with Gasteiger partial charge in [-0.25, -0.2) is 0 Å². The first kappa shape index (κ1) is 22.5.